The van der Waals surface area contributed by atoms with Crippen molar-refractivity contribution >= 4 is 22.6 Å². The Bertz CT molecular complexity index is 236. The van der Waals surface area contributed by atoms with E-state index in [9.17, 15) is 4.79 Å². The molecular formula is C4H6N4O2S. The molecule has 0 unspecified atom stereocenters. The Labute approximate surface area is 66.6 Å². The van der Waals surface area contributed by atoms with E-state index in [0.717, 1.165) is 11.5 Å². The number of aromatic nitrogens is 3. The zero-order valence-corrected chi connectivity index (χ0v) is 6.58. The third kappa shape index (κ3) is 2.11. The highest BCUT2D eigenvalue weighted by Gasteiger charge is 2.08. The Hall–Kier alpha value is -1.24. The summed E-state index contributed by atoms with van der Waals surface area (Å²) in [4.78, 5) is 11.7. The number of likely N-dealkylation sites (N-methyl/N-ethyl adjacent to an activating group) is 1. The Morgan fingerprint density at radius 2 is 2.55 bits per heavy atom. The minimum atomic E-state index is -0.900. The van der Waals surface area contributed by atoms with Crippen molar-refractivity contribution in [1.82, 2.24) is 14.8 Å². The SMILES string of the molecule is CN(CC(=O)O)c1nnns1. The van der Waals surface area contributed by atoms with Crippen LogP contribution in [-0.4, -0.2) is 39.5 Å². The molecule has 1 N–H and O–H groups in total. The molecule has 0 aromatic carbocycles. The highest BCUT2D eigenvalue weighted by atomic mass is 32.1. The van der Waals surface area contributed by atoms with Crippen LogP contribution in [0.15, 0.2) is 0 Å². The molecule has 1 rings (SSSR count). The third-order valence-electron chi connectivity index (χ3n) is 0.988. The second-order valence-electron chi connectivity index (χ2n) is 1.89. The predicted octanol–water partition coefficient (Wildman–Crippen LogP) is -0.546. The number of carboxylic acid groups (broad SMARTS) is 1. The number of anilines is 1. The highest BCUT2D eigenvalue weighted by molar-refractivity contribution is 7.09. The summed E-state index contributed by atoms with van der Waals surface area (Å²) in [5.41, 5.74) is 0. The molecule has 0 bridgehead atoms. The van der Waals surface area contributed by atoms with Crippen LogP contribution in [0.2, 0.25) is 0 Å². The molecule has 0 saturated carbocycles. The highest BCUT2D eigenvalue weighted by Crippen LogP contribution is 2.09. The van der Waals surface area contributed by atoms with E-state index in [2.05, 4.69) is 14.8 Å². The fraction of sp³-hybridized carbons (Fsp3) is 0.500. The van der Waals surface area contributed by atoms with Crippen LogP contribution in [0.25, 0.3) is 0 Å². The number of nitrogens with zero attached hydrogens (tertiary/aromatic N) is 4. The van der Waals surface area contributed by atoms with Crippen LogP contribution in [0.1, 0.15) is 0 Å². The molecule has 0 aliphatic rings. The van der Waals surface area contributed by atoms with Crippen LogP contribution in [0.4, 0.5) is 5.13 Å². The number of carbonyl (C=O) groups is 1. The van der Waals surface area contributed by atoms with Crippen molar-refractivity contribution in [2.24, 2.45) is 0 Å². The van der Waals surface area contributed by atoms with E-state index in [1.807, 2.05) is 0 Å². The van der Waals surface area contributed by atoms with Crippen molar-refractivity contribution in [3.63, 3.8) is 0 Å². The molecule has 0 amide bonds. The molecule has 0 radical (unpaired) electrons. The molecule has 0 fully saturated rings. The maximum atomic E-state index is 10.2. The van der Waals surface area contributed by atoms with Crippen molar-refractivity contribution in [3.8, 4) is 0 Å². The van der Waals surface area contributed by atoms with E-state index in [-0.39, 0.29) is 6.54 Å². The first-order chi connectivity index (χ1) is 5.20. The van der Waals surface area contributed by atoms with Gasteiger partial charge >= 0.3 is 5.97 Å². The van der Waals surface area contributed by atoms with Gasteiger partial charge in [0.05, 0.1) is 0 Å². The Morgan fingerprint density at radius 1 is 1.82 bits per heavy atom. The van der Waals surface area contributed by atoms with Gasteiger partial charge in [-0.25, -0.2) is 0 Å². The predicted molar refractivity (Wildman–Crippen MR) is 38.6 cm³/mol. The molecule has 7 heteroatoms. The van der Waals surface area contributed by atoms with Gasteiger partial charge in [-0.1, -0.05) is 9.59 Å². The molecule has 0 aliphatic heterocycles. The maximum absolute atomic E-state index is 10.2. The van der Waals surface area contributed by atoms with Gasteiger partial charge in [-0.15, -0.1) is 0 Å². The van der Waals surface area contributed by atoms with E-state index in [0.29, 0.717) is 5.13 Å². The molecule has 0 aliphatic carbocycles. The van der Waals surface area contributed by atoms with Crippen LogP contribution in [0.3, 0.4) is 0 Å². The monoisotopic (exact) mass is 174 g/mol. The van der Waals surface area contributed by atoms with Crippen LogP contribution in [0, 0.1) is 0 Å². The van der Waals surface area contributed by atoms with Crippen LogP contribution in [-0.2, 0) is 4.79 Å². The Morgan fingerprint density at radius 3 is 3.00 bits per heavy atom. The lowest BCUT2D eigenvalue weighted by Gasteiger charge is -2.09. The van der Waals surface area contributed by atoms with Gasteiger partial charge in [0.25, 0.3) is 0 Å². The third-order valence-corrected chi connectivity index (χ3v) is 1.70. The van der Waals surface area contributed by atoms with Crippen molar-refractivity contribution in [2.45, 2.75) is 0 Å². The molecule has 11 heavy (non-hydrogen) atoms. The van der Waals surface area contributed by atoms with Gasteiger partial charge in [0, 0.05) is 18.6 Å². The lowest BCUT2D eigenvalue weighted by Crippen LogP contribution is -2.24. The number of hydrogen-bond donors (Lipinski definition) is 1. The smallest absolute Gasteiger partial charge is 0.323 e. The molecule has 0 saturated heterocycles. The van der Waals surface area contributed by atoms with Gasteiger partial charge in [0.15, 0.2) is 0 Å². The number of rotatable bonds is 3. The molecular weight excluding hydrogens is 168 g/mol. The zero-order valence-electron chi connectivity index (χ0n) is 5.76. The minimum absolute atomic E-state index is 0.0864. The van der Waals surface area contributed by atoms with E-state index in [1.54, 1.807) is 7.05 Å². The number of carboxylic acids is 1. The summed E-state index contributed by atoms with van der Waals surface area (Å²) in [5.74, 6) is -0.900. The second kappa shape index (κ2) is 3.24. The Balaban J connectivity index is 2.56. The summed E-state index contributed by atoms with van der Waals surface area (Å²) in [5, 5.41) is 15.8. The molecule has 6 nitrogen and oxygen atoms in total. The van der Waals surface area contributed by atoms with E-state index < -0.39 is 5.97 Å². The quantitative estimate of drug-likeness (QED) is 0.662. The molecule has 1 heterocycles. The second-order valence-corrected chi connectivity index (χ2v) is 2.61. The van der Waals surface area contributed by atoms with Gasteiger partial charge in [0.2, 0.25) is 5.13 Å². The van der Waals surface area contributed by atoms with Crippen molar-refractivity contribution in [3.05, 3.63) is 0 Å². The maximum Gasteiger partial charge on any atom is 0.323 e. The largest absolute Gasteiger partial charge is 0.480 e. The fourth-order valence-electron chi connectivity index (χ4n) is 0.546. The Kier molecular flexibility index (Phi) is 2.32. The first-order valence-electron chi connectivity index (χ1n) is 2.78. The van der Waals surface area contributed by atoms with Gasteiger partial charge in [-0.2, -0.15) is 0 Å². The zero-order chi connectivity index (χ0) is 8.27. The summed E-state index contributed by atoms with van der Waals surface area (Å²) in [7, 11) is 1.62. The summed E-state index contributed by atoms with van der Waals surface area (Å²) < 4.78 is 3.50. The molecule has 1 aromatic heterocycles. The average Bonchev–Trinajstić information content (AvgIpc) is 2.35. The molecule has 0 spiro atoms. The standard InChI is InChI=1S/C4H6N4O2S/c1-8(2-3(9)10)4-5-6-7-11-4/h2H2,1H3,(H,9,10). The minimum Gasteiger partial charge on any atom is -0.480 e. The topological polar surface area (TPSA) is 79.2 Å². The fourth-order valence-corrected chi connectivity index (χ4v) is 0.969. The van der Waals surface area contributed by atoms with Crippen molar-refractivity contribution in [1.29, 1.82) is 0 Å². The van der Waals surface area contributed by atoms with Crippen molar-refractivity contribution < 1.29 is 9.90 Å². The average molecular weight is 174 g/mol. The van der Waals surface area contributed by atoms with E-state index in [1.165, 1.54) is 4.90 Å². The van der Waals surface area contributed by atoms with Gasteiger partial charge in [-0.3, -0.25) is 4.79 Å². The van der Waals surface area contributed by atoms with Crippen LogP contribution >= 0.6 is 11.5 Å². The summed E-state index contributed by atoms with van der Waals surface area (Å²) in [6, 6.07) is 0. The van der Waals surface area contributed by atoms with E-state index >= 15 is 0 Å². The first kappa shape index (κ1) is 7.86. The van der Waals surface area contributed by atoms with Crippen LogP contribution in [0.5, 0.6) is 0 Å². The normalized spacial score (nSPS) is 9.55. The molecule has 60 valence electrons. The lowest BCUT2D eigenvalue weighted by molar-refractivity contribution is -0.135. The van der Waals surface area contributed by atoms with Gasteiger partial charge < -0.3 is 10.0 Å². The summed E-state index contributed by atoms with van der Waals surface area (Å²) in [6.45, 7) is -0.0864. The summed E-state index contributed by atoms with van der Waals surface area (Å²) in [6.07, 6.45) is 0. The van der Waals surface area contributed by atoms with Crippen molar-refractivity contribution in [2.75, 3.05) is 18.5 Å². The molecule has 0 atom stereocenters. The molecule has 1 aromatic rings. The lowest BCUT2D eigenvalue weighted by atomic mass is 10.6. The number of hydrogen-bond acceptors (Lipinski definition) is 6. The summed E-state index contributed by atoms with van der Waals surface area (Å²) >= 11 is 1.06. The van der Waals surface area contributed by atoms with Gasteiger partial charge in [0.1, 0.15) is 6.54 Å². The first-order valence-corrected chi connectivity index (χ1v) is 3.55. The number of aliphatic carboxylic acids is 1. The van der Waals surface area contributed by atoms with E-state index in [4.69, 9.17) is 5.11 Å². The van der Waals surface area contributed by atoms with Crippen LogP contribution < -0.4 is 4.90 Å². The van der Waals surface area contributed by atoms with Gasteiger partial charge in [-0.05, 0) is 5.21 Å².